The molecule has 1 aromatic heterocycles. The van der Waals surface area contributed by atoms with Gasteiger partial charge in [0.05, 0.1) is 17.9 Å². The second-order valence-corrected chi connectivity index (χ2v) is 6.60. The number of anilines is 1. The quantitative estimate of drug-likeness (QED) is 0.867. The standard InChI is InChI=1S/C17H23FN6O/c1-11-5-3-4-6-15(11)19-10-17(25)20-16-9-13(7-8-14(16)18)24-12(2)21-22-23-24/h7-9,11,15,19H,3-6,10H2,1-2H3,(H,20,25)/t11-,15+/m1/s1. The third-order valence-electron chi connectivity index (χ3n) is 4.73. The van der Waals surface area contributed by atoms with Gasteiger partial charge in [0.2, 0.25) is 5.91 Å². The van der Waals surface area contributed by atoms with E-state index in [9.17, 15) is 9.18 Å². The molecular weight excluding hydrogens is 323 g/mol. The van der Waals surface area contributed by atoms with Crippen LogP contribution in [0.4, 0.5) is 10.1 Å². The second kappa shape index (κ2) is 7.69. The van der Waals surface area contributed by atoms with Gasteiger partial charge < -0.3 is 10.6 Å². The predicted molar refractivity (Wildman–Crippen MR) is 91.9 cm³/mol. The van der Waals surface area contributed by atoms with Crippen LogP contribution in [0.1, 0.15) is 38.4 Å². The summed E-state index contributed by atoms with van der Waals surface area (Å²) in [6.45, 7) is 4.12. The van der Waals surface area contributed by atoms with Crippen LogP contribution >= 0.6 is 0 Å². The van der Waals surface area contributed by atoms with Crippen LogP contribution in [0.3, 0.4) is 0 Å². The van der Waals surface area contributed by atoms with E-state index >= 15 is 0 Å². The summed E-state index contributed by atoms with van der Waals surface area (Å²) in [7, 11) is 0. The maximum atomic E-state index is 14.0. The van der Waals surface area contributed by atoms with Crippen molar-refractivity contribution in [3.8, 4) is 5.69 Å². The molecule has 0 unspecified atom stereocenters. The van der Waals surface area contributed by atoms with Gasteiger partial charge in [-0.1, -0.05) is 19.8 Å². The monoisotopic (exact) mass is 346 g/mol. The second-order valence-electron chi connectivity index (χ2n) is 6.60. The number of rotatable bonds is 5. The Morgan fingerprint density at radius 1 is 1.36 bits per heavy atom. The summed E-state index contributed by atoms with van der Waals surface area (Å²) in [5.74, 6) is 0.386. The smallest absolute Gasteiger partial charge is 0.238 e. The molecule has 1 aliphatic carbocycles. The van der Waals surface area contributed by atoms with E-state index in [0.29, 0.717) is 23.5 Å². The number of nitrogens with zero attached hydrogens (tertiary/aromatic N) is 4. The average Bonchev–Trinajstić information content (AvgIpc) is 3.02. The van der Waals surface area contributed by atoms with Crippen molar-refractivity contribution in [2.24, 2.45) is 5.92 Å². The van der Waals surface area contributed by atoms with Crippen molar-refractivity contribution in [3.05, 3.63) is 29.8 Å². The highest BCUT2D eigenvalue weighted by molar-refractivity contribution is 5.92. The Labute approximate surface area is 146 Å². The lowest BCUT2D eigenvalue weighted by atomic mass is 9.86. The molecule has 25 heavy (non-hydrogen) atoms. The molecule has 1 fully saturated rings. The summed E-state index contributed by atoms with van der Waals surface area (Å²) in [6.07, 6.45) is 4.70. The van der Waals surface area contributed by atoms with Crippen LogP contribution in [0.2, 0.25) is 0 Å². The first-order valence-electron chi connectivity index (χ1n) is 8.62. The molecule has 3 rings (SSSR count). The molecule has 1 aliphatic rings. The lowest BCUT2D eigenvalue weighted by Gasteiger charge is -2.29. The molecule has 2 N–H and O–H groups in total. The topological polar surface area (TPSA) is 84.7 Å². The first-order valence-corrected chi connectivity index (χ1v) is 8.62. The van der Waals surface area contributed by atoms with Gasteiger partial charge in [0.1, 0.15) is 5.82 Å². The number of tetrazole rings is 1. The molecular formula is C17H23FN6O. The van der Waals surface area contributed by atoms with E-state index in [0.717, 1.165) is 6.42 Å². The van der Waals surface area contributed by atoms with E-state index in [1.165, 1.54) is 36.1 Å². The molecule has 1 amide bonds. The van der Waals surface area contributed by atoms with Crippen molar-refractivity contribution in [1.29, 1.82) is 0 Å². The van der Waals surface area contributed by atoms with E-state index < -0.39 is 5.82 Å². The summed E-state index contributed by atoms with van der Waals surface area (Å²) >= 11 is 0. The third-order valence-corrected chi connectivity index (χ3v) is 4.73. The van der Waals surface area contributed by atoms with Crippen molar-refractivity contribution in [3.63, 3.8) is 0 Å². The largest absolute Gasteiger partial charge is 0.322 e. The van der Waals surface area contributed by atoms with Crippen molar-refractivity contribution >= 4 is 11.6 Å². The Balaban J connectivity index is 1.63. The number of carbonyl (C=O) groups excluding carboxylic acids is 1. The maximum Gasteiger partial charge on any atom is 0.238 e. The lowest BCUT2D eigenvalue weighted by Crippen LogP contribution is -2.41. The van der Waals surface area contributed by atoms with Crippen molar-refractivity contribution in [2.45, 2.75) is 45.6 Å². The average molecular weight is 346 g/mol. The van der Waals surface area contributed by atoms with Crippen LogP contribution in [-0.2, 0) is 4.79 Å². The molecule has 0 bridgehead atoms. The minimum Gasteiger partial charge on any atom is -0.322 e. The number of benzene rings is 1. The van der Waals surface area contributed by atoms with E-state index in [4.69, 9.17) is 0 Å². The fourth-order valence-electron chi connectivity index (χ4n) is 3.25. The van der Waals surface area contributed by atoms with Crippen molar-refractivity contribution in [1.82, 2.24) is 25.5 Å². The molecule has 8 heteroatoms. The van der Waals surface area contributed by atoms with Crippen molar-refractivity contribution in [2.75, 3.05) is 11.9 Å². The lowest BCUT2D eigenvalue weighted by molar-refractivity contribution is -0.115. The van der Waals surface area contributed by atoms with Crippen LogP contribution in [-0.4, -0.2) is 38.7 Å². The molecule has 1 aromatic carbocycles. The van der Waals surface area contributed by atoms with Gasteiger partial charge in [-0.3, -0.25) is 4.79 Å². The van der Waals surface area contributed by atoms with Crippen LogP contribution < -0.4 is 10.6 Å². The van der Waals surface area contributed by atoms with E-state index in [1.807, 2.05) is 0 Å². The van der Waals surface area contributed by atoms with Gasteiger partial charge in [-0.15, -0.1) is 5.10 Å². The molecule has 2 atom stereocenters. The van der Waals surface area contributed by atoms with Crippen LogP contribution in [0.5, 0.6) is 0 Å². The van der Waals surface area contributed by atoms with Crippen LogP contribution in [0.15, 0.2) is 18.2 Å². The van der Waals surface area contributed by atoms with Gasteiger partial charge >= 0.3 is 0 Å². The van der Waals surface area contributed by atoms with Gasteiger partial charge in [-0.25, -0.2) is 4.39 Å². The number of halogens is 1. The highest BCUT2D eigenvalue weighted by Crippen LogP contribution is 2.23. The fourth-order valence-corrected chi connectivity index (χ4v) is 3.25. The van der Waals surface area contributed by atoms with E-state index in [-0.39, 0.29) is 18.1 Å². The Morgan fingerprint density at radius 3 is 2.88 bits per heavy atom. The zero-order valence-corrected chi connectivity index (χ0v) is 14.5. The molecule has 0 saturated heterocycles. The molecule has 2 aromatic rings. The predicted octanol–water partition coefficient (Wildman–Crippen LogP) is 2.22. The molecule has 0 aliphatic heterocycles. The summed E-state index contributed by atoms with van der Waals surface area (Å²) < 4.78 is 15.5. The van der Waals surface area contributed by atoms with Gasteiger partial charge in [0.15, 0.2) is 5.82 Å². The van der Waals surface area contributed by atoms with Gasteiger partial charge in [0, 0.05) is 6.04 Å². The highest BCUT2D eigenvalue weighted by Gasteiger charge is 2.21. The first-order chi connectivity index (χ1) is 12.0. The molecule has 1 saturated carbocycles. The molecule has 7 nitrogen and oxygen atoms in total. The highest BCUT2D eigenvalue weighted by atomic mass is 19.1. The first kappa shape index (κ1) is 17.5. The molecule has 134 valence electrons. The molecule has 1 heterocycles. The Bertz CT molecular complexity index is 746. The number of aromatic nitrogens is 4. The summed E-state index contributed by atoms with van der Waals surface area (Å²) in [4.78, 5) is 12.2. The number of nitrogens with one attached hydrogen (secondary N) is 2. The van der Waals surface area contributed by atoms with Crippen molar-refractivity contribution < 1.29 is 9.18 Å². The van der Waals surface area contributed by atoms with Gasteiger partial charge in [-0.05, 0) is 54.3 Å². The number of carbonyl (C=O) groups is 1. The Kier molecular flexibility index (Phi) is 5.37. The number of hydrogen-bond donors (Lipinski definition) is 2. The molecule has 0 radical (unpaired) electrons. The minimum absolute atomic E-state index is 0.121. The van der Waals surface area contributed by atoms with Crippen LogP contribution in [0.25, 0.3) is 5.69 Å². The zero-order chi connectivity index (χ0) is 17.8. The minimum atomic E-state index is -0.492. The zero-order valence-electron chi connectivity index (χ0n) is 14.5. The van der Waals surface area contributed by atoms with E-state index in [1.54, 1.807) is 13.0 Å². The number of amides is 1. The summed E-state index contributed by atoms with van der Waals surface area (Å²) in [5, 5.41) is 17.1. The Morgan fingerprint density at radius 2 is 2.16 bits per heavy atom. The summed E-state index contributed by atoms with van der Waals surface area (Å²) in [5.41, 5.74) is 0.712. The maximum absolute atomic E-state index is 14.0. The van der Waals surface area contributed by atoms with Gasteiger partial charge in [0.25, 0.3) is 0 Å². The third kappa shape index (κ3) is 4.19. The van der Waals surface area contributed by atoms with E-state index in [2.05, 4.69) is 33.1 Å². The Hall–Kier alpha value is -2.35. The summed E-state index contributed by atoms with van der Waals surface area (Å²) in [6, 6.07) is 4.73. The van der Waals surface area contributed by atoms with Crippen LogP contribution in [0, 0.1) is 18.7 Å². The normalized spacial score (nSPS) is 20.4. The number of hydrogen-bond acceptors (Lipinski definition) is 5. The number of aryl methyl sites for hydroxylation is 1. The van der Waals surface area contributed by atoms with Gasteiger partial charge in [-0.2, -0.15) is 4.68 Å². The molecule has 0 spiro atoms. The SMILES string of the molecule is Cc1nnnn1-c1ccc(F)c(NC(=O)CN[C@H]2CCCC[C@H]2C)c1. The fraction of sp³-hybridized carbons (Fsp3) is 0.529.